The van der Waals surface area contributed by atoms with Gasteiger partial charge in [0, 0.05) is 32.7 Å². The predicted molar refractivity (Wildman–Crippen MR) is 55.3 cm³/mol. The van der Waals surface area contributed by atoms with Gasteiger partial charge in [0.05, 0.1) is 7.85 Å². The Morgan fingerprint density at radius 2 is 1.92 bits per heavy atom. The van der Waals surface area contributed by atoms with Crippen LogP contribution in [-0.4, -0.2) is 7.85 Å². The second-order valence-corrected chi connectivity index (χ2v) is 4.06. The van der Waals surface area contributed by atoms with Gasteiger partial charge < -0.3 is 6.92 Å². The largest absolute Gasteiger partial charge is 0.343 e. The fourth-order valence-electron chi connectivity index (χ4n) is 2.18. The summed E-state index contributed by atoms with van der Waals surface area (Å²) in [7, 11) is 5.98. The third kappa shape index (κ3) is 5.57. The van der Waals surface area contributed by atoms with Crippen LogP contribution in [0.1, 0.15) is 51.4 Å². The first kappa shape index (κ1) is 14.2. The second-order valence-electron chi connectivity index (χ2n) is 4.06. The van der Waals surface area contributed by atoms with Gasteiger partial charge in [-0.15, -0.1) is 0 Å². The van der Waals surface area contributed by atoms with Crippen LogP contribution in [0.15, 0.2) is 0 Å². The van der Waals surface area contributed by atoms with Crippen LogP contribution >= 0.6 is 0 Å². The van der Waals surface area contributed by atoms with E-state index < -0.39 is 0 Å². The van der Waals surface area contributed by atoms with Crippen LogP contribution in [0.3, 0.4) is 0 Å². The third-order valence-electron chi connectivity index (χ3n) is 3.04. The molecule has 1 saturated carbocycles. The summed E-state index contributed by atoms with van der Waals surface area (Å²) in [6.07, 6.45) is 10.5. The predicted octanol–water partition coefficient (Wildman–Crippen LogP) is 3.53. The molecular formula is C11H20BY-. The molecule has 2 atom stereocenters. The maximum Gasteiger partial charge on any atom is 0.0703 e. The van der Waals surface area contributed by atoms with Crippen molar-refractivity contribution in [1.29, 1.82) is 0 Å². The van der Waals surface area contributed by atoms with Crippen molar-refractivity contribution in [3.63, 3.8) is 0 Å². The molecule has 0 aliphatic heterocycles. The van der Waals surface area contributed by atoms with Gasteiger partial charge in [0.25, 0.3) is 0 Å². The number of unbranched alkanes of at least 4 members (excludes halogenated alkanes) is 3. The van der Waals surface area contributed by atoms with E-state index in [1.807, 2.05) is 0 Å². The molecule has 1 aliphatic carbocycles. The zero-order valence-electron chi connectivity index (χ0n) is 8.67. The summed E-state index contributed by atoms with van der Waals surface area (Å²) in [5.41, 5.74) is 0. The first-order chi connectivity index (χ1) is 5.84. The first-order valence-corrected chi connectivity index (χ1v) is 5.39. The second kappa shape index (κ2) is 8.48. The van der Waals surface area contributed by atoms with Crippen molar-refractivity contribution in [3.05, 3.63) is 6.92 Å². The van der Waals surface area contributed by atoms with E-state index in [9.17, 15) is 0 Å². The Labute approximate surface area is 110 Å². The van der Waals surface area contributed by atoms with Gasteiger partial charge in [0.2, 0.25) is 0 Å². The Hall–Kier alpha value is 1.17. The van der Waals surface area contributed by atoms with Crippen LogP contribution < -0.4 is 0 Å². The molecule has 1 fully saturated rings. The summed E-state index contributed by atoms with van der Waals surface area (Å²) in [4.78, 5) is 0. The quantitative estimate of drug-likeness (QED) is 0.399. The van der Waals surface area contributed by atoms with Crippen LogP contribution in [0.4, 0.5) is 0 Å². The van der Waals surface area contributed by atoms with E-state index >= 15 is 0 Å². The molecule has 1 rings (SSSR count). The summed E-state index contributed by atoms with van der Waals surface area (Å²) in [6, 6.07) is 0. The minimum Gasteiger partial charge on any atom is -0.343 e. The third-order valence-corrected chi connectivity index (χ3v) is 3.04. The van der Waals surface area contributed by atoms with Gasteiger partial charge in [0.1, 0.15) is 0 Å². The summed E-state index contributed by atoms with van der Waals surface area (Å²) >= 11 is 0. The normalized spacial score (nSPS) is 27.2. The molecule has 3 radical (unpaired) electrons. The molecular weight excluding hydrogens is 232 g/mol. The summed E-state index contributed by atoms with van der Waals surface area (Å²) < 4.78 is 0. The van der Waals surface area contributed by atoms with Crippen LogP contribution in [0.5, 0.6) is 0 Å². The fourth-order valence-corrected chi connectivity index (χ4v) is 2.18. The molecule has 2 heteroatoms. The molecule has 0 aromatic rings. The molecule has 0 heterocycles. The molecule has 0 bridgehead atoms. The van der Waals surface area contributed by atoms with Crippen LogP contribution in [0, 0.1) is 12.8 Å². The Balaban J connectivity index is 0.00000144. The van der Waals surface area contributed by atoms with Gasteiger partial charge in [-0.3, -0.25) is 0 Å². The molecule has 0 N–H and O–H groups in total. The number of hydrogen-bond acceptors (Lipinski definition) is 0. The van der Waals surface area contributed by atoms with Crippen LogP contribution in [-0.2, 0) is 32.7 Å². The molecule has 1 aliphatic rings. The van der Waals surface area contributed by atoms with Crippen molar-refractivity contribution < 1.29 is 32.7 Å². The van der Waals surface area contributed by atoms with E-state index in [-0.39, 0.29) is 32.7 Å². The molecule has 0 nitrogen and oxygen atoms in total. The van der Waals surface area contributed by atoms with E-state index in [4.69, 9.17) is 7.85 Å². The van der Waals surface area contributed by atoms with Gasteiger partial charge >= 0.3 is 0 Å². The maximum atomic E-state index is 5.98. The summed E-state index contributed by atoms with van der Waals surface area (Å²) in [5.74, 6) is 1.36. The van der Waals surface area contributed by atoms with Crippen molar-refractivity contribution in [2.24, 2.45) is 5.92 Å². The Bertz CT molecular complexity index is 117. The minimum absolute atomic E-state index is 0. The van der Waals surface area contributed by atoms with E-state index in [1.165, 1.54) is 44.9 Å². The molecule has 0 aromatic carbocycles. The zero-order valence-corrected chi connectivity index (χ0v) is 11.5. The van der Waals surface area contributed by atoms with Gasteiger partial charge in [-0.1, -0.05) is 50.8 Å². The van der Waals surface area contributed by atoms with E-state index in [0.29, 0.717) is 5.82 Å². The topological polar surface area (TPSA) is 0 Å². The summed E-state index contributed by atoms with van der Waals surface area (Å²) in [5, 5.41) is 0. The SMILES string of the molecule is [B]C1CCCC1CCCCC[CH2-].[Y]. The Morgan fingerprint density at radius 1 is 1.15 bits per heavy atom. The first-order valence-electron chi connectivity index (χ1n) is 5.39. The molecule has 0 amide bonds. The molecule has 0 spiro atoms. The standard InChI is InChI=1S/C11H20B.Y/c1-2-3-4-5-7-10-8-6-9-11(10)12;/h10-11H,1-9H2;/q-1;. The van der Waals surface area contributed by atoms with Crippen LogP contribution in [0.2, 0.25) is 5.82 Å². The van der Waals surface area contributed by atoms with Gasteiger partial charge in [-0.05, 0) is 5.92 Å². The average molecular weight is 252 g/mol. The average Bonchev–Trinajstić information content (AvgIpc) is 2.46. The van der Waals surface area contributed by atoms with E-state index in [2.05, 4.69) is 6.92 Å². The van der Waals surface area contributed by atoms with Gasteiger partial charge in [-0.25, -0.2) is 0 Å². The van der Waals surface area contributed by atoms with Crippen molar-refractivity contribution in [2.75, 3.05) is 0 Å². The van der Waals surface area contributed by atoms with Crippen molar-refractivity contribution in [1.82, 2.24) is 0 Å². The number of hydrogen-bond donors (Lipinski definition) is 0. The Kier molecular flexibility index (Phi) is 9.24. The summed E-state index contributed by atoms with van der Waals surface area (Å²) in [6.45, 7) is 3.85. The van der Waals surface area contributed by atoms with Crippen molar-refractivity contribution >= 4 is 7.85 Å². The molecule has 2 unspecified atom stereocenters. The molecule has 71 valence electrons. The zero-order chi connectivity index (χ0) is 8.81. The van der Waals surface area contributed by atoms with Crippen molar-refractivity contribution in [3.8, 4) is 0 Å². The maximum absolute atomic E-state index is 5.98. The van der Waals surface area contributed by atoms with Gasteiger partial charge in [-0.2, -0.15) is 6.42 Å². The van der Waals surface area contributed by atoms with Crippen LogP contribution in [0.25, 0.3) is 0 Å². The molecule has 0 aromatic heterocycles. The smallest absolute Gasteiger partial charge is 0.0703 e. The monoisotopic (exact) mass is 252 g/mol. The Morgan fingerprint density at radius 3 is 2.46 bits per heavy atom. The molecule has 13 heavy (non-hydrogen) atoms. The minimum atomic E-state index is 0. The van der Waals surface area contributed by atoms with Gasteiger partial charge in [0.15, 0.2) is 0 Å². The van der Waals surface area contributed by atoms with Crippen molar-refractivity contribution in [2.45, 2.75) is 57.2 Å². The number of rotatable bonds is 5. The molecule has 0 saturated heterocycles. The fraction of sp³-hybridized carbons (Fsp3) is 0.909. The van der Waals surface area contributed by atoms with E-state index in [0.717, 1.165) is 12.3 Å². The van der Waals surface area contributed by atoms with E-state index in [1.54, 1.807) is 0 Å².